The molecule has 0 saturated carbocycles. The van der Waals surface area contributed by atoms with Crippen LogP contribution in [0.4, 0.5) is 5.69 Å². The minimum atomic E-state index is -0.139. The van der Waals surface area contributed by atoms with E-state index in [1.54, 1.807) is 6.07 Å². The van der Waals surface area contributed by atoms with E-state index in [9.17, 15) is 4.79 Å². The molecule has 1 N–H and O–H groups in total. The smallest absolute Gasteiger partial charge is 0.224 e. The summed E-state index contributed by atoms with van der Waals surface area (Å²) in [7, 11) is 0. The van der Waals surface area contributed by atoms with Gasteiger partial charge in [-0.25, -0.2) is 4.98 Å². The molecule has 6 nitrogen and oxygen atoms in total. The van der Waals surface area contributed by atoms with Crippen LogP contribution in [0.1, 0.15) is 19.2 Å². The molecular weight excluding hydrogens is 380 g/mol. The third kappa shape index (κ3) is 4.78. The van der Waals surface area contributed by atoms with E-state index >= 15 is 0 Å². The predicted octanol–water partition coefficient (Wildman–Crippen LogP) is 5.59. The van der Waals surface area contributed by atoms with Crippen LogP contribution in [0.25, 0.3) is 11.1 Å². The summed E-state index contributed by atoms with van der Waals surface area (Å²) >= 11 is 0. The molecule has 0 unspecified atom stereocenters. The number of anilines is 1. The van der Waals surface area contributed by atoms with E-state index in [0.29, 0.717) is 36.1 Å². The monoisotopic (exact) mass is 402 g/mol. The van der Waals surface area contributed by atoms with Crippen molar-refractivity contribution in [1.29, 1.82) is 0 Å². The van der Waals surface area contributed by atoms with E-state index < -0.39 is 0 Å². The molecule has 152 valence electrons. The first-order chi connectivity index (χ1) is 14.7. The fourth-order valence-electron chi connectivity index (χ4n) is 3.02. The number of carbonyl (C=O) groups is 1. The van der Waals surface area contributed by atoms with Crippen LogP contribution >= 0.6 is 0 Å². The maximum Gasteiger partial charge on any atom is 0.224 e. The summed E-state index contributed by atoms with van der Waals surface area (Å²) in [6, 6.07) is 22.2. The summed E-state index contributed by atoms with van der Waals surface area (Å²) in [5, 5.41) is 2.91. The van der Waals surface area contributed by atoms with Crippen LogP contribution in [0.2, 0.25) is 0 Å². The number of ether oxygens (including phenoxy) is 2. The molecule has 6 heteroatoms. The number of aromatic nitrogens is 1. The maximum absolute atomic E-state index is 12.5. The second-order valence-electron chi connectivity index (χ2n) is 6.63. The summed E-state index contributed by atoms with van der Waals surface area (Å²) in [6.07, 6.45) is 0.673. The van der Waals surface area contributed by atoms with Gasteiger partial charge in [-0.05, 0) is 55.5 Å². The lowest BCUT2D eigenvalue weighted by Gasteiger charge is -2.12. The number of hydrogen-bond donors (Lipinski definition) is 1. The number of rotatable bonds is 8. The highest BCUT2D eigenvalue weighted by atomic mass is 16.5. The molecule has 30 heavy (non-hydrogen) atoms. The zero-order valence-electron chi connectivity index (χ0n) is 16.6. The second kappa shape index (κ2) is 9.13. The van der Waals surface area contributed by atoms with E-state index in [0.717, 1.165) is 16.8 Å². The zero-order valence-corrected chi connectivity index (χ0v) is 16.6. The van der Waals surface area contributed by atoms with Crippen molar-refractivity contribution in [2.45, 2.75) is 19.8 Å². The van der Waals surface area contributed by atoms with Gasteiger partial charge < -0.3 is 19.2 Å². The Labute approximate surface area is 174 Å². The van der Waals surface area contributed by atoms with Gasteiger partial charge in [0.25, 0.3) is 0 Å². The molecule has 0 radical (unpaired) electrons. The number of hydrogen-bond acceptors (Lipinski definition) is 5. The summed E-state index contributed by atoms with van der Waals surface area (Å²) in [4.78, 5) is 16.9. The molecule has 0 fully saturated rings. The molecule has 1 aromatic heterocycles. The Morgan fingerprint density at radius 2 is 1.70 bits per heavy atom. The molecule has 1 heterocycles. The van der Waals surface area contributed by atoms with Crippen molar-refractivity contribution in [2.75, 3.05) is 11.9 Å². The number of para-hydroxylation sites is 4. The first kappa shape index (κ1) is 19.5. The molecule has 0 aliphatic carbocycles. The highest BCUT2D eigenvalue weighted by Crippen LogP contribution is 2.30. The van der Waals surface area contributed by atoms with Gasteiger partial charge in [0.05, 0.1) is 12.3 Å². The Balaban J connectivity index is 1.38. The van der Waals surface area contributed by atoms with E-state index in [1.807, 2.05) is 73.7 Å². The lowest BCUT2D eigenvalue weighted by molar-refractivity contribution is -0.116. The van der Waals surface area contributed by atoms with Gasteiger partial charge in [-0.3, -0.25) is 4.79 Å². The Bertz CT molecular complexity index is 1100. The van der Waals surface area contributed by atoms with Crippen LogP contribution in [0.3, 0.4) is 0 Å². The maximum atomic E-state index is 12.5. The van der Waals surface area contributed by atoms with E-state index in [1.165, 1.54) is 0 Å². The van der Waals surface area contributed by atoms with Crippen molar-refractivity contribution in [3.05, 3.63) is 78.7 Å². The van der Waals surface area contributed by atoms with Gasteiger partial charge in [-0.1, -0.05) is 24.3 Å². The highest BCUT2D eigenvalue weighted by Gasteiger charge is 2.11. The molecule has 3 aromatic carbocycles. The second-order valence-corrected chi connectivity index (χ2v) is 6.63. The van der Waals surface area contributed by atoms with Crippen molar-refractivity contribution in [1.82, 2.24) is 4.98 Å². The lowest BCUT2D eigenvalue weighted by Crippen LogP contribution is -2.13. The molecule has 0 spiro atoms. The molecule has 0 aliphatic heterocycles. The van der Waals surface area contributed by atoms with Crippen LogP contribution in [-0.2, 0) is 11.2 Å². The lowest BCUT2D eigenvalue weighted by atomic mass is 10.2. The van der Waals surface area contributed by atoms with Crippen LogP contribution in [0.5, 0.6) is 17.2 Å². The first-order valence-electron chi connectivity index (χ1n) is 9.85. The number of nitrogens with zero attached hydrogens (tertiary/aromatic N) is 1. The van der Waals surface area contributed by atoms with Gasteiger partial charge in [0.2, 0.25) is 5.91 Å². The van der Waals surface area contributed by atoms with Gasteiger partial charge in [-0.15, -0.1) is 0 Å². The van der Waals surface area contributed by atoms with Gasteiger partial charge >= 0.3 is 0 Å². The Morgan fingerprint density at radius 1 is 0.967 bits per heavy atom. The third-order valence-electron chi connectivity index (χ3n) is 4.43. The summed E-state index contributed by atoms with van der Waals surface area (Å²) in [5.41, 5.74) is 2.12. The molecular formula is C24H22N2O4. The SMILES string of the molecule is CCOc1ccc(Oc2ccccc2NC(=O)CCc2nc3ccccc3o2)cc1. The normalized spacial score (nSPS) is 10.7. The number of carbonyl (C=O) groups excluding carboxylic acids is 1. The largest absolute Gasteiger partial charge is 0.494 e. The van der Waals surface area contributed by atoms with Gasteiger partial charge in [0, 0.05) is 12.8 Å². The molecule has 0 aliphatic rings. The summed E-state index contributed by atoms with van der Waals surface area (Å²) < 4.78 is 17.1. The Kier molecular flexibility index (Phi) is 5.94. The molecule has 4 aromatic rings. The quantitative estimate of drug-likeness (QED) is 0.416. The molecule has 0 atom stereocenters. The zero-order chi connectivity index (χ0) is 20.8. The average molecular weight is 402 g/mol. The number of fused-ring (bicyclic) bond motifs is 1. The van der Waals surface area contributed by atoms with Crippen molar-refractivity contribution >= 4 is 22.7 Å². The predicted molar refractivity (Wildman–Crippen MR) is 115 cm³/mol. The fraction of sp³-hybridized carbons (Fsp3) is 0.167. The summed E-state index contributed by atoms with van der Waals surface area (Å²) in [5.74, 6) is 2.42. The topological polar surface area (TPSA) is 73.6 Å². The van der Waals surface area contributed by atoms with Crippen LogP contribution < -0.4 is 14.8 Å². The molecule has 0 saturated heterocycles. The average Bonchev–Trinajstić information content (AvgIpc) is 3.18. The fourth-order valence-corrected chi connectivity index (χ4v) is 3.02. The molecule has 1 amide bonds. The minimum absolute atomic E-state index is 0.139. The Hall–Kier alpha value is -3.80. The number of nitrogens with one attached hydrogen (secondary N) is 1. The minimum Gasteiger partial charge on any atom is -0.494 e. The van der Waals surface area contributed by atoms with Crippen molar-refractivity contribution in [3.63, 3.8) is 0 Å². The number of benzene rings is 3. The van der Waals surface area contributed by atoms with Gasteiger partial charge in [0.1, 0.15) is 17.0 Å². The van der Waals surface area contributed by atoms with Gasteiger partial charge in [0.15, 0.2) is 17.2 Å². The first-order valence-corrected chi connectivity index (χ1v) is 9.85. The molecule has 4 rings (SSSR count). The van der Waals surface area contributed by atoms with Crippen LogP contribution in [0.15, 0.2) is 77.2 Å². The number of amides is 1. The van der Waals surface area contributed by atoms with E-state index in [4.69, 9.17) is 13.9 Å². The standard InChI is InChI=1S/C24H22N2O4/c1-2-28-17-11-13-18(14-12-17)29-21-9-5-3-7-19(21)25-23(27)15-16-24-26-20-8-4-6-10-22(20)30-24/h3-14H,2,15-16H2,1H3,(H,25,27). The number of oxazole rings is 1. The summed E-state index contributed by atoms with van der Waals surface area (Å²) in [6.45, 7) is 2.55. The van der Waals surface area contributed by atoms with E-state index in [2.05, 4.69) is 10.3 Å². The van der Waals surface area contributed by atoms with Gasteiger partial charge in [-0.2, -0.15) is 0 Å². The third-order valence-corrected chi connectivity index (χ3v) is 4.43. The highest BCUT2D eigenvalue weighted by molar-refractivity contribution is 5.92. The van der Waals surface area contributed by atoms with Crippen molar-refractivity contribution < 1.29 is 18.7 Å². The van der Waals surface area contributed by atoms with Crippen LogP contribution in [-0.4, -0.2) is 17.5 Å². The van der Waals surface area contributed by atoms with Crippen molar-refractivity contribution in [2.24, 2.45) is 0 Å². The Morgan fingerprint density at radius 3 is 2.50 bits per heavy atom. The van der Waals surface area contributed by atoms with Crippen molar-refractivity contribution in [3.8, 4) is 17.2 Å². The molecule has 0 bridgehead atoms. The number of aryl methyl sites for hydroxylation is 1. The van der Waals surface area contributed by atoms with E-state index in [-0.39, 0.29) is 12.3 Å². The van der Waals surface area contributed by atoms with Crippen LogP contribution in [0, 0.1) is 0 Å².